The fraction of sp³-hybridized carbons (Fsp3) is 0.571. The Hall–Kier alpha value is -0.643. The summed E-state index contributed by atoms with van der Waals surface area (Å²) in [5.41, 5.74) is 1.43. The molecule has 0 bridgehead atoms. The van der Waals surface area contributed by atoms with Crippen LogP contribution in [0.2, 0.25) is 19.1 Å². The summed E-state index contributed by atoms with van der Waals surface area (Å²) in [7, 11) is -1.27. The molecule has 17 heavy (non-hydrogen) atoms. The van der Waals surface area contributed by atoms with Crippen molar-refractivity contribution in [3.63, 3.8) is 0 Å². The SMILES string of the molecule is C[Si](C)(Cc1ccccc1)C[C@@H]1C[C@H](O)CO1. The summed E-state index contributed by atoms with van der Waals surface area (Å²) in [4.78, 5) is 0. The normalized spacial score (nSPS) is 25.1. The number of benzene rings is 1. The van der Waals surface area contributed by atoms with Gasteiger partial charge in [0.25, 0.3) is 0 Å². The minimum absolute atomic E-state index is 0.235. The Morgan fingerprint density at radius 1 is 1.29 bits per heavy atom. The first kappa shape index (κ1) is 12.8. The van der Waals surface area contributed by atoms with Crippen LogP contribution in [0.1, 0.15) is 12.0 Å². The van der Waals surface area contributed by atoms with Gasteiger partial charge in [0.15, 0.2) is 0 Å². The van der Waals surface area contributed by atoms with E-state index in [2.05, 4.69) is 43.4 Å². The standard InChI is InChI=1S/C14H22O2Si/c1-17(2,10-12-6-4-3-5-7-12)11-14-8-13(15)9-16-14/h3-7,13-15H,8-11H2,1-2H3/t13-,14-/m0/s1. The number of hydrogen-bond donors (Lipinski definition) is 1. The molecule has 0 amide bonds. The lowest BCUT2D eigenvalue weighted by atomic mass is 10.2. The molecule has 2 atom stereocenters. The van der Waals surface area contributed by atoms with Crippen LogP contribution in [-0.4, -0.2) is 32.0 Å². The van der Waals surface area contributed by atoms with Crippen molar-refractivity contribution in [2.45, 2.75) is 43.8 Å². The van der Waals surface area contributed by atoms with Gasteiger partial charge in [-0.2, -0.15) is 0 Å². The van der Waals surface area contributed by atoms with Crippen LogP contribution in [0.3, 0.4) is 0 Å². The second kappa shape index (κ2) is 5.34. The highest BCUT2D eigenvalue weighted by atomic mass is 28.3. The highest BCUT2D eigenvalue weighted by Gasteiger charge is 2.31. The third-order valence-electron chi connectivity index (χ3n) is 3.37. The van der Waals surface area contributed by atoms with Crippen LogP contribution >= 0.6 is 0 Å². The molecule has 3 heteroatoms. The van der Waals surface area contributed by atoms with Crippen LogP contribution in [-0.2, 0) is 10.8 Å². The van der Waals surface area contributed by atoms with E-state index in [0.717, 1.165) is 12.5 Å². The monoisotopic (exact) mass is 250 g/mol. The summed E-state index contributed by atoms with van der Waals surface area (Å²) in [5, 5.41) is 9.48. The van der Waals surface area contributed by atoms with Crippen LogP contribution in [0.4, 0.5) is 0 Å². The molecule has 1 saturated heterocycles. The van der Waals surface area contributed by atoms with Crippen LogP contribution in [0.25, 0.3) is 0 Å². The maximum absolute atomic E-state index is 9.48. The van der Waals surface area contributed by atoms with E-state index in [-0.39, 0.29) is 12.2 Å². The van der Waals surface area contributed by atoms with Gasteiger partial charge in [-0.1, -0.05) is 49.0 Å². The molecule has 0 aromatic heterocycles. The topological polar surface area (TPSA) is 29.5 Å². The van der Waals surface area contributed by atoms with Crippen molar-refractivity contribution >= 4 is 8.07 Å². The van der Waals surface area contributed by atoms with E-state index in [9.17, 15) is 5.11 Å². The van der Waals surface area contributed by atoms with Crippen LogP contribution in [0.15, 0.2) is 30.3 Å². The van der Waals surface area contributed by atoms with Gasteiger partial charge in [0.2, 0.25) is 0 Å². The Balaban J connectivity index is 1.90. The Morgan fingerprint density at radius 3 is 2.59 bits per heavy atom. The molecule has 1 N–H and O–H groups in total. The lowest BCUT2D eigenvalue weighted by molar-refractivity contribution is 0.0964. The van der Waals surface area contributed by atoms with Gasteiger partial charge in [0, 0.05) is 6.42 Å². The average Bonchev–Trinajstić information content (AvgIpc) is 2.63. The van der Waals surface area contributed by atoms with Crippen LogP contribution in [0.5, 0.6) is 0 Å². The molecule has 1 fully saturated rings. The van der Waals surface area contributed by atoms with Crippen LogP contribution < -0.4 is 0 Å². The van der Waals surface area contributed by atoms with E-state index in [1.54, 1.807) is 0 Å². The largest absolute Gasteiger partial charge is 0.391 e. The van der Waals surface area contributed by atoms with Crippen molar-refractivity contribution in [2.24, 2.45) is 0 Å². The molecule has 94 valence electrons. The molecule has 1 aromatic carbocycles. The molecule has 2 rings (SSSR count). The molecular formula is C14H22O2Si. The summed E-state index contributed by atoms with van der Waals surface area (Å²) in [6.07, 6.45) is 0.877. The van der Waals surface area contributed by atoms with Gasteiger partial charge in [-0.05, 0) is 12.1 Å². The summed E-state index contributed by atoms with van der Waals surface area (Å²) in [6.45, 7) is 5.35. The Kier molecular flexibility index (Phi) is 4.02. The first-order valence-electron chi connectivity index (χ1n) is 6.39. The number of aliphatic hydroxyl groups excluding tert-OH is 1. The van der Waals surface area contributed by atoms with Crippen molar-refractivity contribution in [3.8, 4) is 0 Å². The van der Waals surface area contributed by atoms with Gasteiger partial charge in [-0.25, -0.2) is 0 Å². The lowest BCUT2D eigenvalue weighted by Gasteiger charge is -2.25. The smallest absolute Gasteiger partial charge is 0.0798 e. The number of ether oxygens (including phenoxy) is 1. The zero-order valence-electron chi connectivity index (χ0n) is 10.7. The highest BCUT2D eigenvalue weighted by Crippen LogP contribution is 2.25. The predicted molar refractivity (Wildman–Crippen MR) is 72.8 cm³/mol. The van der Waals surface area contributed by atoms with E-state index in [1.165, 1.54) is 11.6 Å². The zero-order valence-corrected chi connectivity index (χ0v) is 11.7. The molecule has 0 spiro atoms. The molecule has 0 radical (unpaired) electrons. The van der Waals surface area contributed by atoms with Gasteiger partial charge >= 0.3 is 0 Å². The second-order valence-corrected chi connectivity index (χ2v) is 11.0. The van der Waals surface area contributed by atoms with Crippen molar-refractivity contribution < 1.29 is 9.84 Å². The summed E-state index contributed by atoms with van der Waals surface area (Å²) in [6, 6.07) is 13.0. The summed E-state index contributed by atoms with van der Waals surface area (Å²) < 4.78 is 5.62. The maximum Gasteiger partial charge on any atom is 0.0798 e. The summed E-state index contributed by atoms with van der Waals surface area (Å²) in [5.74, 6) is 0. The Morgan fingerprint density at radius 2 is 2.00 bits per heavy atom. The fourth-order valence-corrected chi connectivity index (χ4v) is 5.67. The van der Waals surface area contributed by atoms with Crippen molar-refractivity contribution in [2.75, 3.05) is 6.61 Å². The molecule has 1 aliphatic rings. The molecule has 2 nitrogen and oxygen atoms in total. The van der Waals surface area contributed by atoms with E-state index in [1.807, 2.05) is 0 Å². The molecule has 1 aromatic rings. The van der Waals surface area contributed by atoms with Crippen molar-refractivity contribution in [1.29, 1.82) is 0 Å². The molecule has 1 aliphatic heterocycles. The van der Waals surface area contributed by atoms with Gasteiger partial charge in [-0.15, -0.1) is 0 Å². The van der Waals surface area contributed by atoms with E-state index < -0.39 is 8.07 Å². The van der Waals surface area contributed by atoms with Crippen LogP contribution in [0, 0.1) is 0 Å². The number of rotatable bonds is 4. The Labute approximate surface area is 105 Å². The average molecular weight is 250 g/mol. The van der Waals surface area contributed by atoms with Gasteiger partial charge in [0.1, 0.15) is 0 Å². The lowest BCUT2D eigenvalue weighted by Crippen LogP contribution is -2.33. The highest BCUT2D eigenvalue weighted by molar-refractivity contribution is 6.77. The minimum atomic E-state index is -1.27. The third kappa shape index (κ3) is 3.94. The van der Waals surface area contributed by atoms with Gasteiger partial charge < -0.3 is 9.84 Å². The van der Waals surface area contributed by atoms with Crippen molar-refractivity contribution in [1.82, 2.24) is 0 Å². The van der Waals surface area contributed by atoms with E-state index in [4.69, 9.17) is 4.74 Å². The molecule has 0 saturated carbocycles. The first-order valence-corrected chi connectivity index (χ1v) is 9.80. The molecule has 0 unspecified atom stereocenters. The van der Waals surface area contributed by atoms with Gasteiger partial charge in [0.05, 0.1) is 26.9 Å². The molecular weight excluding hydrogens is 228 g/mol. The minimum Gasteiger partial charge on any atom is -0.391 e. The van der Waals surface area contributed by atoms with Gasteiger partial charge in [-0.3, -0.25) is 0 Å². The molecule has 1 heterocycles. The summed E-state index contributed by atoms with van der Waals surface area (Å²) >= 11 is 0. The van der Waals surface area contributed by atoms with E-state index >= 15 is 0 Å². The maximum atomic E-state index is 9.48. The zero-order chi connectivity index (χ0) is 12.3. The second-order valence-electron chi connectivity index (χ2n) is 5.88. The van der Waals surface area contributed by atoms with E-state index in [0.29, 0.717) is 6.61 Å². The number of aliphatic hydroxyl groups is 1. The third-order valence-corrected chi connectivity index (χ3v) is 6.29. The molecule has 0 aliphatic carbocycles. The van der Waals surface area contributed by atoms with Crippen molar-refractivity contribution in [3.05, 3.63) is 35.9 Å². The fourth-order valence-electron chi connectivity index (χ4n) is 2.67. The Bertz CT molecular complexity index is 350. The first-order chi connectivity index (χ1) is 8.05. The number of hydrogen-bond acceptors (Lipinski definition) is 2. The quantitative estimate of drug-likeness (QED) is 0.832. The predicted octanol–water partition coefficient (Wildman–Crippen LogP) is 2.63.